The summed E-state index contributed by atoms with van der Waals surface area (Å²) in [7, 11) is 0. The minimum Gasteiger partial charge on any atom is -0.508 e. The molecule has 0 aliphatic heterocycles. The van der Waals surface area contributed by atoms with E-state index in [0.717, 1.165) is 16.9 Å². The van der Waals surface area contributed by atoms with E-state index in [1.165, 1.54) is 18.3 Å². The largest absolute Gasteiger partial charge is 0.508 e. The van der Waals surface area contributed by atoms with Crippen LogP contribution in [0.2, 0.25) is 0 Å². The van der Waals surface area contributed by atoms with Gasteiger partial charge >= 0.3 is 0 Å². The first-order chi connectivity index (χ1) is 10.1. The van der Waals surface area contributed by atoms with Crippen molar-refractivity contribution in [2.45, 2.75) is 6.92 Å². The summed E-state index contributed by atoms with van der Waals surface area (Å²) in [5.41, 5.74) is 3.10. The van der Waals surface area contributed by atoms with Crippen LogP contribution >= 0.6 is 0 Å². The highest BCUT2D eigenvalue weighted by Crippen LogP contribution is 2.29. The Morgan fingerprint density at radius 1 is 1.14 bits per heavy atom. The van der Waals surface area contributed by atoms with Crippen molar-refractivity contribution in [1.29, 1.82) is 0 Å². The normalized spacial score (nSPS) is 11.5. The van der Waals surface area contributed by atoms with Gasteiger partial charge < -0.3 is 14.9 Å². The quantitative estimate of drug-likeness (QED) is 0.429. The molecule has 3 rings (SSSR count). The Kier molecular flexibility index (Phi) is 3.10. The van der Waals surface area contributed by atoms with E-state index in [4.69, 9.17) is 5.21 Å². The number of oxime groups is 1. The summed E-state index contributed by atoms with van der Waals surface area (Å²) in [6.45, 7) is 1.86. The summed E-state index contributed by atoms with van der Waals surface area (Å²) in [5, 5.41) is 22.0. The second kappa shape index (κ2) is 4.94. The van der Waals surface area contributed by atoms with E-state index in [2.05, 4.69) is 5.16 Å². The topological polar surface area (TPSA) is 57.8 Å². The molecule has 1 aromatic heterocycles. The van der Waals surface area contributed by atoms with Crippen molar-refractivity contribution in [2.75, 3.05) is 0 Å². The van der Waals surface area contributed by atoms with Gasteiger partial charge in [-0.25, -0.2) is 4.39 Å². The van der Waals surface area contributed by atoms with Gasteiger partial charge in [0.25, 0.3) is 0 Å². The second-order valence-electron chi connectivity index (χ2n) is 4.76. The van der Waals surface area contributed by atoms with Crippen molar-refractivity contribution in [2.24, 2.45) is 5.16 Å². The van der Waals surface area contributed by atoms with Gasteiger partial charge in [-0.3, -0.25) is 0 Å². The molecule has 0 saturated carbocycles. The lowest BCUT2D eigenvalue weighted by atomic mass is 10.1. The van der Waals surface area contributed by atoms with Crippen LogP contribution in [-0.4, -0.2) is 21.1 Å². The zero-order chi connectivity index (χ0) is 15.0. The van der Waals surface area contributed by atoms with Gasteiger partial charge in [0.1, 0.15) is 11.6 Å². The van der Waals surface area contributed by atoms with Crippen LogP contribution in [0.3, 0.4) is 0 Å². The molecule has 0 spiro atoms. The van der Waals surface area contributed by atoms with Gasteiger partial charge in [0.2, 0.25) is 0 Å². The van der Waals surface area contributed by atoms with Crippen LogP contribution in [0.4, 0.5) is 4.39 Å². The molecule has 2 N–H and O–H groups in total. The fourth-order valence-electron chi connectivity index (χ4n) is 2.57. The lowest BCUT2D eigenvalue weighted by molar-refractivity contribution is 0.322. The van der Waals surface area contributed by atoms with Crippen LogP contribution in [-0.2, 0) is 0 Å². The number of hydrogen-bond donors (Lipinski definition) is 2. The van der Waals surface area contributed by atoms with Gasteiger partial charge in [0.05, 0.1) is 11.7 Å². The lowest BCUT2D eigenvalue weighted by Crippen LogP contribution is -1.97. The van der Waals surface area contributed by atoms with Crippen molar-refractivity contribution < 1.29 is 14.7 Å². The number of hydrogen-bond acceptors (Lipinski definition) is 3. The molecule has 4 nitrogen and oxygen atoms in total. The van der Waals surface area contributed by atoms with Crippen molar-refractivity contribution in [3.63, 3.8) is 0 Å². The van der Waals surface area contributed by atoms with E-state index in [0.29, 0.717) is 10.9 Å². The number of aromatic hydroxyl groups is 1. The number of phenols is 1. The Bertz CT molecular complexity index is 836. The molecule has 5 heteroatoms. The SMILES string of the molecule is Cc1c(/C=N/O)c2cc(F)ccc2n1-c1ccc(O)cc1. The molecule has 0 atom stereocenters. The van der Waals surface area contributed by atoms with Crippen molar-refractivity contribution in [3.05, 3.63) is 59.5 Å². The molecule has 2 aromatic carbocycles. The molecule has 0 fully saturated rings. The van der Waals surface area contributed by atoms with Gasteiger partial charge in [-0.05, 0) is 49.4 Å². The average molecular weight is 284 g/mol. The fourth-order valence-corrected chi connectivity index (χ4v) is 2.57. The van der Waals surface area contributed by atoms with E-state index in [-0.39, 0.29) is 11.6 Å². The van der Waals surface area contributed by atoms with Crippen molar-refractivity contribution in [3.8, 4) is 11.4 Å². The Morgan fingerprint density at radius 2 is 1.86 bits per heavy atom. The molecule has 3 aromatic rings. The first kappa shape index (κ1) is 13.2. The number of phenolic OH excluding ortho intramolecular Hbond substituents is 1. The predicted octanol–water partition coefficient (Wildman–Crippen LogP) is 3.59. The molecule has 0 aliphatic rings. The summed E-state index contributed by atoms with van der Waals surface area (Å²) in [4.78, 5) is 0. The highest BCUT2D eigenvalue weighted by Gasteiger charge is 2.15. The van der Waals surface area contributed by atoms with Gasteiger partial charge in [0.15, 0.2) is 0 Å². The number of rotatable bonds is 2. The highest BCUT2D eigenvalue weighted by atomic mass is 19.1. The maximum Gasteiger partial charge on any atom is 0.123 e. The second-order valence-corrected chi connectivity index (χ2v) is 4.76. The summed E-state index contributed by atoms with van der Waals surface area (Å²) in [5.74, 6) is -0.172. The molecule has 0 aliphatic carbocycles. The van der Waals surface area contributed by atoms with E-state index in [1.807, 2.05) is 11.5 Å². The van der Waals surface area contributed by atoms with Gasteiger partial charge in [0, 0.05) is 22.3 Å². The number of halogens is 1. The van der Waals surface area contributed by atoms with Crippen LogP contribution < -0.4 is 0 Å². The number of aromatic nitrogens is 1. The van der Waals surface area contributed by atoms with Gasteiger partial charge in [-0.1, -0.05) is 5.16 Å². The first-order valence-electron chi connectivity index (χ1n) is 6.39. The smallest absolute Gasteiger partial charge is 0.123 e. The summed E-state index contributed by atoms with van der Waals surface area (Å²) in [6.07, 6.45) is 1.30. The summed E-state index contributed by atoms with van der Waals surface area (Å²) < 4.78 is 15.4. The third-order valence-electron chi connectivity index (χ3n) is 3.51. The summed E-state index contributed by atoms with van der Waals surface area (Å²) in [6, 6.07) is 11.2. The number of nitrogens with zero attached hydrogens (tertiary/aromatic N) is 2. The van der Waals surface area contributed by atoms with E-state index >= 15 is 0 Å². The Labute approximate surface area is 120 Å². The minimum absolute atomic E-state index is 0.177. The van der Waals surface area contributed by atoms with Crippen LogP contribution in [0.1, 0.15) is 11.3 Å². The van der Waals surface area contributed by atoms with Gasteiger partial charge in [-0.15, -0.1) is 0 Å². The molecule has 0 saturated heterocycles. The van der Waals surface area contributed by atoms with Crippen molar-refractivity contribution in [1.82, 2.24) is 4.57 Å². The zero-order valence-electron chi connectivity index (χ0n) is 11.3. The van der Waals surface area contributed by atoms with Crippen LogP contribution in [0.25, 0.3) is 16.6 Å². The molecule has 21 heavy (non-hydrogen) atoms. The van der Waals surface area contributed by atoms with Gasteiger partial charge in [-0.2, -0.15) is 0 Å². The molecule has 0 amide bonds. The van der Waals surface area contributed by atoms with E-state index in [9.17, 15) is 9.50 Å². The Morgan fingerprint density at radius 3 is 2.52 bits per heavy atom. The van der Waals surface area contributed by atoms with Crippen LogP contribution in [0.15, 0.2) is 47.6 Å². The standard InChI is InChI=1S/C16H13FN2O2/c1-10-15(9-18-21)14-8-11(17)2-7-16(14)19(10)12-3-5-13(20)6-4-12/h2-9,20-21H,1H3/b18-9+. The third kappa shape index (κ3) is 2.12. The molecule has 0 radical (unpaired) electrons. The van der Waals surface area contributed by atoms with Crippen LogP contribution in [0, 0.1) is 12.7 Å². The predicted molar refractivity (Wildman–Crippen MR) is 79.0 cm³/mol. The molecular formula is C16H13FN2O2. The van der Waals surface area contributed by atoms with E-state index in [1.54, 1.807) is 30.3 Å². The number of benzene rings is 2. The van der Waals surface area contributed by atoms with Crippen LogP contribution in [0.5, 0.6) is 5.75 Å². The monoisotopic (exact) mass is 284 g/mol. The maximum atomic E-state index is 13.5. The Hall–Kier alpha value is -2.82. The van der Waals surface area contributed by atoms with E-state index < -0.39 is 0 Å². The average Bonchev–Trinajstić information content (AvgIpc) is 2.73. The fraction of sp³-hybridized carbons (Fsp3) is 0.0625. The van der Waals surface area contributed by atoms with Crippen molar-refractivity contribution >= 4 is 17.1 Å². The molecule has 0 unspecified atom stereocenters. The lowest BCUT2D eigenvalue weighted by Gasteiger charge is -2.08. The molecule has 0 bridgehead atoms. The third-order valence-corrected chi connectivity index (χ3v) is 3.51. The minimum atomic E-state index is -0.349. The maximum absolute atomic E-state index is 13.5. The molecule has 106 valence electrons. The molecular weight excluding hydrogens is 271 g/mol. The zero-order valence-corrected chi connectivity index (χ0v) is 11.3. The highest BCUT2D eigenvalue weighted by molar-refractivity contribution is 6.01. The Balaban J connectivity index is 2.37. The summed E-state index contributed by atoms with van der Waals surface area (Å²) >= 11 is 0. The first-order valence-corrected chi connectivity index (χ1v) is 6.39. The molecule has 1 heterocycles. The number of fused-ring (bicyclic) bond motifs is 1.